The van der Waals surface area contributed by atoms with Gasteiger partial charge in [0.2, 0.25) is 0 Å². The predicted molar refractivity (Wildman–Crippen MR) is 59.3 cm³/mol. The lowest BCUT2D eigenvalue weighted by Crippen LogP contribution is -2.27. The average molecular weight is 260 g/mol. The Labute approximate surface area is 107 Å². The second kappa shape index (κ2) is 3.50. The summed E-state index contributed by atoms with van der Waals surface area (Å²) in [7, 11) is 0. The Kier molecular flexibility index (Phi) is 2.14. The molecule has 0 aromatic heterocycles. The molecule has 2 heterocycles. The van der Waals surface area contributed by atoms with Gasteiger partial charge in [0.25, 0.3) is 0 Å². The van der Waals surface area contributed by atoms with Crippen LogP contribution in [0.25, 0.3) is 0 Å². The van der Waals surface area contributed by atoms with Gasteiger partial charge in [-0.05, 0) is 24.6 Å². The molecule has 1 aromatic rings. The number of benzene rings is 1. The van der Waals surface area contributed by atoms with Crippen molar-refractivity contribution < 1.29 is 28.7 Å². The van der Waals surface area contributed by atoms with E-state index in [0.717, 1.165) is 0 Å². The van der Waals surface area contributed by atoms with E-state index in [2.05, 4.69) is 9.47 Å². The maximum absolute atomic E-state index is 11.7. The number of hydrogen-bond donors (Lipinski definition) is 0. The lowest BCUT2D eigenvalue weighted by molar-refractivity contribution is -0.153. The zero-order valence-corrected chi connectivity index (χ0v) is 9.89. The second-order valence-corrected chi connectivity index (χ2v) is 4.71. The van der Waals surface area contributed by atoms with E-state index in [0.29, 0.717) is 5.56 Å². The lowest BCUT2D eigenvalue weighted by atomic mass is 9.80. The van der Waals surface area contributed by atoms with Crippen LogP contribution in [0.4, 0.5) is 0 Å². The molecule has 2 aliphatic heterocycles. The fourth-order valence-corrected chi connectivity index (χ4v) is 2.26. The molecule has 0 radical (unpaired) electrons. The van der Waals surface area contributed by atoms with Crippen molar-refractivity contribution in [1.82, 2.24) is 0 Å². The van der Waals surface area contributed by atoms with E-state index in [9.17, 15) is 19.2 Å². The van der Waals surface area contributed by atoms with Gasteiger partial charge in [-0.2, -0.15) is 0 Å². The van der Waals surface area contributed by atoms with E-state index in [-0.39, 0.29) is 17.5 Å². The molecule has 1 unspecified atom stereocenters. The molecule has 0 amide bonds. The van der Waals surface area contributed by atoms with Gasteiger partial charge in [-0.15, -0.1) is 0 Å². The van der Waals surface area contributed by atoms with Gasteiger partial charge >= 0.3 is 23.9 Å². The zero-order chi connectivity index (χ0) is 13.8. The quantitative estimate of drug-likeness (QED) is 0.546. The topological polar surface area (TPSA) is 86.7 Å². The number of cyclic esters (lactones) is 4. The van der Waals surface area contributed by atoms with E-state index in [4.69, 9.17) is 0 Å². The minimum absolute atomic E-state index is 0.0897. The van der Waals surface area contributed by atoms with Crippen LogP contribution in [-0.4, -0.2) is 23.9 Å². The average Bonchev–Trinajstić information content (AvgIpc) is 2.78. The summed E-state index contributed by atoms with van der Waals surface area (Å²) >= 11 is 0. The molecule has 96 valence electrons. The molecular formula is C13H8O6. The van der Waals surface area contributed by atoms with Crippen LogP contribution in [-0.2, 0) is 24.5 Å². The molecule has 19 heavy (non-hydrogen) atoms. The van der Waals surface area contributed by atoms with E-state index in [1.54, 1.807) is 6.92 Å². The Balaban J connectivity index is 2.11. The lowest BCUT2D eigenvalue weighted by Gasteiger charge is -2.18. The largest absolute Gasteiger partial charge is 0.392 e. The highest BCUT2D eigenvalue weighted by Gasteiger charge is 2.47. The highest BCUT2D eigenvalue weighted by molar-refractivity contribution is 6.15. The van der Waals surface area contributed by atoms with Crippen LogP contribution in [0.2, 0.25) is 0 Å². The molecule has 2 aliphatic rings. The molecule has 0 N–H and O–H groups in total. The molecule has 6 nitrogen and oxygen atoms in total. The van der Waals surface area contributed by atoms with E-state index in [1.807, 2.05) is 0 Å². The van der Waals surface area contributed by atoms with Gasteiger partial charge < -0.3 is 9.47 Å². The Morgan fingerprint density at radius 1 is 1.00 bits per heavy atom. The maximum Gasteiger partial charge on any atom is 0.346 e. The van der Waals surface area contributed by atoms with Crippen molar-refractivity contribution in [1.29, 1.82) is 0 Å². The summed E-state index contributed by atoms with van der Waals surface area (Å²) in [6, 6.07) is 4.35. The summed E-state index contributed by atoms with van der Waals surface area (Å²) in [6.45, 7) is 1.56. The first-order valence-electron chi connectivity index (χ1n) is 5.58. The van der Waals surface area contributed by atoms with Crippen LogP contribution >= 0.6 is 0 Å². The van der Waals surface area contributed by atoms with Crippen LogP contribution in [0.5, 0.6) is 0 Å². The van der Waals surface area contributed by atoms with E-state index in [1.165, 1.54) is 18.2 Å². The summed E-state index contributed by atoms with van der Waals surface area (Å²) in [5, 5.41) is 0. The Bertz CT molecular complexity index is 659. The molecule has 6 heteroatoms. The minimum atomic E-state index is -1.13. The van der Waals surface area contributed by atoms with Crippen molar-refractivity contribution >= 4 is 23.9 Å². The third-order valence-corrected chi connectivity index (χ3v) is 3.44. The summed E-state index contributed by atoms with van der Waals surface area (Å²) in [5.41, 5.74) is -0.405. The maximum atomic E-state index is 11.7. The molecule has 0 aliphatic carbocycles. The van der Waals surface area contributed by atoms with Gasteiger partial charge in [0.15, 0.2) is 0 Å². The molecule has 3 rings (SSSR count). The molecule has 1 saturated heterocycles. The van der Waals surface area contributed by atoms with E-state index < -0.39 is 29.3 Å². The number of esters is 4. The van der Waals surface area contributed by atoms with E-state index >= 15 is 0 Å². The van der Waals surface area contributed by atoms with Crippen molar-refractivity contribution in [2.75, 3.05) is 0 Å². The van der Waals surface area contributed by atoms with Gasteiger partial charge in [0.05, 0.1) is 17.5 Å². The molecule has 0 spiro atoms. The van der Waals surface area contributed by atoms with Gasteiger partial charge in [-0.25, -0.2) is 9.59 Å². The highest BCUT2D eigenvalue weighted by Crippen LogP contribution is 2.36. The van der Waals surface area contributed by atoms with Gasteiger partial charge in [0, 0.05) is 0 Å². The molecular weight excluding hydrogens is 252 g/mol. The van der Waals surface area contributed by atoms with Crippen molar-refractivity contribution in [3.05, 3.63) is 34.9 Å². The fourth-order valence-electron chi connectivity index (χ4n) is 2.26. The molecule has 0 bridgehead atoms. The van der Waals surface area contributed by atoms with Crippen molar-refractivity contribution in [3.8, 4) is 0 Å². The van der Waals surface area contributed by atoms with Gasteiger partial charge in [-0.3, -0.25) is 9.59 Å². The smallest absolute Gasteiger partial charge is 0.346 e. The number of fused-ring (bicyclic) bond motifs is 1. The Morgan fingerprint density at radius 2 is 1.68 bits per heavy atom. The number of hydrogen-bond acceptors (Lipinski definition) is 6. The summed E-state index contributed by atoms with van der Waals surface area (Å²) in [6.07, 6.45) is -0.0897. The van der Waals surface area contributed by atoms with Crippen molar-refractivity contribution in [2.24, 2.45) is 0 Å². The molecule has 1 fully saturated rings. The van der Waals surface area contributed by atoms with Crippen molar-refractivity contribution in [3.63, 3.8) is 0 Å². The van der Waals surface area contributed by atoms with Crippen LogP contribution in [0.1, 0.15) is 39.6 Å². The predicted octanol–water partition coefficient (Wildman–Crippen LogP) is 0.728. The van der Waals surface area contributed by atoms with Gasteiger partial charge in [-0.1, -0.05) is 6.07 Å². The number of rotatable bonds is 1. The first-order chi connectivity index (χ1) is 8.91. The summed E-state index contributed by atoms with van der Waals surface area (Å²) < 4.78 is 9.01. The minimum Gasteiger partial charge on any atom is -0.392 e. The Hall–Kier alpha value is -2.50. The Morgan fingerprint density at radius 3 is 2.32 bits per heavy atom. The highest BCUT2D eigenvalue weighted by atomic mass is 16.6. The van der Waals surface area contributed by atoms with Crippen LogP contribution in [0, 0.1) is 0 Å². The molecule has 0 saturated carbocycles. The first kappa shape index (κ1) is 11.6. The van der Waals surface area contributed by atoms with Gasteiger partial charge in [0.1, 0.15) is 5.41 Å². The summed E-state index contributed by atoms with van der Waals surface area (Å²) in [5.74, 6) is -2.72. The molecule has 1 aromatic carbocycles. The van der Waals surface area contributed by atoms with Crippen molar-refractivity contribution in [2.45, 2.75) is 18.8 Å². The first-order valence-corrected chi connectivity index (χ1v) is 5.58. The third kappa shape index (κ3) is 1.49. The SMILES string of the molecule is CC1(c2ccc3c(c2)C(=O)OC3=O)CC(=O)OC1=O. The third-order valence-electron chi connectivity index (χ3n) is 3.44. The van der Waals surface area contributed by atoms with Crippen LogP contribution < -0.4 is 0 Å². The number of carbonyl (C=O) groups is 4. The fraction of sp³-hybridized carbons (Fsp3) is 0.231. The monoisotopic (exact) mass is 260 g/mol. The van der Waals surface area contributed by atoms with Crippen LogP contribution in [0.3, 0.4) is 0 Å². The number of ether oxygens (including phenoxy) is 2. The standard InChI is InChI=1S/C13H8O6/c1-13(5-9(14)18-12(13)17)6-2-3-7-8(4-6)11(16)19-10(7)15/h2-4H,5H2,1H3. The molecule has 1 atom stereocenters. The normalized spacial score (nSPS) is 25.3. The summed E-state index contributed by atoms with van der Waals surface area (Å²) in [4.78, 5) is 45.7. The second-order valence-electron chi connectivity index (χ2n) is 4.71. The zero-order valence-electron chi connectivity index (χ0n) is 9.89. The number of carbonyl (C=O) groups excluding carboxylic acids is 4. The van der Waals surface area contributed by atoms with Crippen LogP contribution in [0.15, 0.2) is 18.2 Å².